The van der Waals surface area contributed by atoms with Crippen molar-refractivity contribution in [2.24, 2.45) is 0 Å². The molecule has 0 aromatic carbocycles. The molecule has 0 fully saturated rings. The van der Waals surface area contributed by atoms with Crippen LogP contribution in [0.15, 0.2) is 24.8 Å². The van der Waals surface area contributed by atoms with Crippen molar-refractivity contribution in [2.75, 3.05) is 17.2 Å². The Morgan fingerprint density at radius 2 is 1.59 bits per heavy atom. The van der Waals surface area contributed by atoms with Crippen molar-refractivity contribution in [3.63, 3.8) is 0 Å². The Labute approximate surface area is 157 Å². The quantitative estimate of drug-likeness (QED) is 0.381. The zero-order valence-electron chi connectivity index (χ0n) is 13.3. The van der Waals surface area contributed by atoms with Crippen LogP contribution in [-0.4, -0.2) is 29.9 Å². The largest absolute Gasteiger partial charge is 1.00 e. The molecule has 4 N–H and O–H groups in total. The van der Waals surface area contributed by atoms with E-state index in [1.165, 1.54) is 19.3 Å². The summed E-state index contributed by atoms with van der Waals surface area (Å²) in [5.74, 6) is 0.529. The van der Waals surface area contributed by atoms with Crippen LogP contribution in [-0.2, 0) is 13.1 Å². The Morgan fingerprint density at radius 1 is 1.05 bits per heavy atom. The van der Waals surface area contributed by atoms with Gasteiger partial charge in [0.1, 0.15) is 0 Å². The van der Waals surface area contributed by atoms with Gasteiger partial charge < -0.3 is 16.0 Å². The van der Waals surface area contributed by atoms with E-state index in [-0.39, 0.29) is 29.6 Å². The first-order valence-corrected chi connectivity index (χ1v) is 7.87. The third-order valence-electron chi connectivity index (χ3n) is 2.70. The topological polar surface area (TPSA) is 111 Å². The maximum absolute atomic E-state index is 9.95. The molecule has 0 unspecified atom stereocenters. The molecule has 118 valence electrons. The fourth-order valence-corrected chi connectivity index (χ4v) is 1.92. The molecule has 0 spiro atoms. The van der Waals surface area contributed by atoms with Gasteiger partial charge in [-0.25, -0.2) is 0 Å². The Morgan fingerprint density at radius 3 is 2.00 bits per heavy atom. The first-order chi connectivity index (χ1) is 10.2. The molecule has 0 aliphatic heterocycles. The van der Waals surface area contributed by atoms with Crippen LogP contribution in [0.3, 0.4) is 0 Å². The summed E-state index contributed by atoms with van der Waals surface area (Å²) in [7, 11) is 0. The fraction of sp³-hybridized carbons (Fsp3) is 0.538. The average molecular weight is 334 g/mol. The van der Waals surface area contributed by atoms with Gasteiger partial charge in [0, 0.05) is 25.5 Å². The zero-order chi connectivity index (χ0) is 15.5. The van der Waals surface area contributed by atoms with Crippen LogP contribution in [0.25, 0.3) is 0 Å². The molecular formula is C13H23N6NaOS. The molecule has 2 rings (SSSR count). The van der Waals surface area contributed by atoms with E-state index >= 15 is 0 Å². The Kier molecular flexibility index (Phi) is 12.4. The smallest absolute Gasteiger partial charge is 0.799 e. The van der Waals surface area contributed by atoms with E-state index in [2.05, 4.69) is 17.1 Å². The van der Waals surface area contributed by atoms with Gasteiger partial charge in [-0.15, -0.1) is 0 Å². The number of nitrogen functional groups attached to an aromatic ring is 2. The minimum Gasteiger partial charge on any atom is -0.799 e. The van der Waals surface area contributed by atoms with Crippen molar-refractivity contribution in [1.82, 2.24) is 19.6 Å². The molecule has 2 heterocycles. The molecule has 0 radical (unpaired) electrons. The zero-order valence-corrected chi connectivity index (χ0v) is 16.1. The molecule has 0 atom stereocenters. The first-order valence-electron chi connectivity index (χ1n) is 6.96. The van der Waals surface area contributed by atoms with Crippen molar-refractivity contribution in [2.45, 2.75) is 39.3 Å². The van der Waals surface area contributed by atoms with Crippen molar-refractivity contribution in [3.05, 3.63) is 24.8 Å². The van der Waals surface area contributed by atoms with Gasteiger partial charge in [0.05, 0.1) is 23.8 Å². The van der Waals surface area contributed by atoms with Crippen LogP contribution >= 0.6 is 12.0 Å². The maximum Gasteiger partial charge on any atom is 1.00 e. The van der Waals surface area contributed by atoms with Gasteiger partial charge in [0.25, 0.3) is 0 Å². The number of unbranched alkanes of at least 4 members (excludes halogenated alkanes) is 2. The minimum absolute atomic E-state index is 0. The summed E-state index contributed by atoms with van der Waals surface area (Å²) >= 11 is 0.554. The van der Waals surface area contributed by atoms with Gasteiger partial charge in [-0.3, -0.25) is 21.4 Å². The normalized spacial score (nSPS) is 9.73. The number of nitrogens with zero attached hydrogens (tertiary/aromatic N) is 4. The Bertz CT molecular complexity index is 504. The molecule has 0 aliphatic carbocycles. The van der Waals surface area contributed by atoms with Crippen LogP contribution in [0.5, 0.6) is 0 Å². The number of hydrogen-bond acceptors (Lipinski definition) is 6. The molecule has 0 saturated carbocycles. The molecule has 22 heavy (non-hydrogen) atoms. The first kappa shape index (κ1) is 21.3. The fourth-order valence-electron chi connectivity index (χ4n) is 1.66. The predicted octanol–water partition coefficient (Wildman–Crippen LogP) is -1.01. The van der Waals surface area contributed by atoms with Crippen LogP contribution in [0.4, 0.5) is 11.4 Å². The molecule has 2 aromatic heterocycles. The average Bonchev–Trinajstić information content (AvgIpc) is 3.06. The van der Waals surface area contributed by atoms with Crippen LogP contribution in [0.2, 0.25) is 0 Å². The molecule has 0 amide bonds. The van der Waals surface area contributed by atoms with Crippen LogP contribution < -0.4 is 41.0 Å². The van der Waals surface area contributed by atoms with Gasteiger partial charge in [0.15, 0.2) is 0 Å². The minimum atomic E-state index is 0. The SMILES string of the molecule is CCCCCn1cc(N)cn1.Nc1cnn(CCS[O-])c1.[Na+]. The predicted molar refractivity (Wildman–Crippen MR) is 86.0 cm³/mol. The monoisotopic (exact) mass is 334 g/mol. The third kappa shape index (κ3) is 9.37. The Hall–Kier alpha value is -0.670. The maximum atomic E-state index is 9.95. The van der Waals surface area contributed by atoms with E-state index in [0.29, 0.717) is 30.0 Å². The summed E-state index contributed by atoms with van der Waals surface area (Å²) in [5.41, 5.74) is 12.3. The van der Waals surface area contributed by atoms with Crippen molar-refractivity contribution >= 4 is 23.4 Å². The van der Waals surface area contributed by atoms with E-state index < -0.39 is 0 Å². The van der Waals surface area contributed by atoms with Crippen molar-refractivity contribution in [3.8, 4) is 0 Å². The molecule has 0 bridgehead atoms. The second-order valence-corrected chi connectivity index (χ2v) is 5.25. The van der Waals surface area contributed by atoms with E-state index in [9.17, 15) is 4.55 Å². The van der Waals surface area contributed by atoms with Crippen LogP contribution in [0, 0.1) is 0 Å². The Balaban J connectivity index is 0.000000385. The van der Waals surface area contributed by atoms with Gasteiger partial charge in [0.2, 0.25) is 0 Å². The number of aromatic nitrogens is 4. The van der Waals surface area contributed by atoms with Crippen LogP contribution in [0.1, 0.15) is 26.2 Å². The van der Waals surface area contributed by atoms with Gasteiger partial charge >= 0.3 is 29.6 Å². The number of rotatable bonds is 7. The second kappa shape index (κ2) is 12.8. The van der Waals surface area contributed by atoms with Gasteiger partial charge in [-0.05, 0) is 12.2 Å². The number of anilines is 2. The molecule has 0 saturated heterocycles. The molecule has 7 nitrogen and oxygen atoms in total. The number of nitrogens with two attached hydrogens (primary N) is 2. The summed E-state index contributed by atoms with van der Waals surface area (Å²) < 4.78 is 13.5. The standard InChI is InChI=1S/C8H15N3.C5H9N3OS.Na/c1-2-3-4-5-11-7-8(9)6-10-11;6-5-3-7-8(4-5)1-2-10-9;/h6-7H,2-5,9H2,1H3;3-4,9H,1-2,6H2;/q;;+1/p-1. The summed E-state index contributed by atoms with van der Waals surface area (Å²) in [4.78, 5) is 0. The second-order valence-electron chi connectivity index (χ2n) is 4.60. The van der Waals surface area contributed by atoms with Gasteiger partial charge in [-0.2, -0.15) is 10.2 Å². The van der Waals surface area contributed by atoms with E-state index in [1.807, 2.05) is 10.9 Å². The summed E-state index contributed by atoms with van der Waals surface area (Å²) in [6.45, 7) is 3.81. The molecule has 2 aromatic rings. The number of hydrogen-bond donors (Lipinski definition) is 2. The molecule has 9 heteroatoms. The third-order valence-corrected chi connectivity index (χ3v) is 3.05. The number of aryl methyl sites for hydroxylation is 2. The molecular weight excluding hydrogens is 311 g/mol. The van der Waals surface area contributed by atoms with Crippen molar-refractivity contribution in [1.29, 1.82) is 0 Å². The molecule has 0 aliphatic rings. The van der Waals surface area contributed by atoms with E-state index in [4.69, 9.17) is 11.5 Å². The van der Waals surface area contributed by atoms with E-state index in [0.717, 1.165) is 12.2 Å². The van der Waals surface area contributed by atoms with Crippen molar-refractivity contribution < 1.29 is 34.1 Å². The van der Waals surface area contributed by atoms with E-state index in [1.54, 1.807) is 23.3 Å². The summed E-state index contributed by atoms with van der Waals surface area (Å²) in [5, 5.41) is 7.97. The summed E-state index contributed by atoms with van der Waals surface area (Å²) in [6.07, 6.45) is 10.5. The summed E-state index contributed by atoms with van der Waals surface area (Å²) in [6, 6.07) is 0. The van der Waals surface area contributed by atoms with Gasteiger partial charge in [-0.1, -0.05) is 19.8 Å².